The van der Waals surface area contributed by atoms with Crippen molar-refractivity contribution in [1.29, 1.82) is 0 Å². The molecule has 1 amide bonds. The third-order valence-electron chi connectivity index (χ3n) is 4.13. The summed E-state index contributed by atoms with van der Waals surface area (Å²) in [7, 11) is 1.86. The molecule has 1 aliphatic heterocycles. The zero-order valence-electron chi connectivity index (χ0n) is 12.5. The Morgan fingerprint density at radius 2 is 2.09 bits per heavy atom. The van der Waals surface area contributed by atoms with Gasteiger partial charge in [-0.3, -0.25) is 4.79 Å². The van der Waals surface area contributed by atoms with Crippen molar-refractivity contribution in [3.63, 3.8) is 0 Å². The van der Waals surface area contributed by atoms with Crippen molar-refractivity contribution in [2.45, 2.75) is 31.8 Å². The number of nitrogens with one attached hydrogen (secondary N) is 2. The van der Waals surface area contributed by atoms with Gasteiger partial charge in [-0.25, -0.2) is 0 Å². The van der Waals surface area contributed by atoms with Gasteiger partial charge in [-0.05, 0) is 43.6 Å². The average Bonchev–Trinajstić information content (AvgIpc) is 3.28. The standard InChI is InChI=1S/C16H18ClN3OS/c1-9-13(15(21)18-10-7-8-10)14(19-16(22)20(9)2)11-5-3-4-6-12(11)17/h3-6,10,14H,7-8H2,1-2H3,(H,18,21)(H,19,22). The van der Waals surface area contributed by atoms with Gasteiger partial charge >= 0.3 is 0 Å². The first kappa shape index (κ1) is 15.3. The molecule has 1 atom stereocenters. The average molecular weight is 336 g/mol. The quantitative estimate of drug-likeness (QED) is 0.834. The van der Waals surface area contributed by atoms with Crippen LogP contribution in [0.5, 0.6) is 0 Å². The van der Waals surface area contributed by atoms with Gasteiger partial charge in [0, 0.05) is 23.8 Å². The van der Waals surface area contributed by atoms with Crippen LogP contribution in [0.25, 0.3) is 0 Å². The predicted molar refractivity (Wildman–Crippen MR) is 91.6 cm³/mol. The molecule has 2 N–H and O–H groups in total. The highest BCUT2D eigenvalue weighted by Gasteiger charge is 2.35. The second kappa shape index (κ2) is 5.89. The lowest BCUT2D eigenvalue weighted by Crippen LogP contribution is -2.47. The molecule has 1 fully saturated rings. The van der Waals surface area contributed by atoms with Crippen molar-refractivity contribution >= 4 is 34.8 Å². The van der Waals surface area contributed by atoms with Crippen LogP contribution in [0.1, 0.15) is 31.4 Å². The number of rotatable bonds is 3. The van der Waals surface area contributed by atoms with Gasteiger partial charge in [-0.15, -0.1) is 0 Å². The number of hydrogen-bond donors (Lipinski definition) is 2. The van der Waals surface area contributed by atoms with Gasteiger partial charge in [0.05, 0.1) is 11.6 Å². The van der Waals surface area contributed by atoms with Crippen LogP contribution >= 0.6 is 23.8 Å². The van der Waals surface area contributed by atoms with Crippen molar-refractivity contribution in [3.05, 3.63) is 46.1 Å². The number of carbonyl (C=O) groups is 1. The number of nitrogens with zero attached hydrogens (tertiary/aromatic N) is 1. The first-order valence-electron chi connectivity index (χ1n) is 7.29. The lowest BCUT2D eigenvalue weighted by Gasteiger charge is -2.36. The van der Waals surface area contributed by atoms with Crippen LogP contribution in [0.15, 0.2) is 35.5 Å². The first-order valence-corrected chi connectivity index (χ1v) is 8.08. The van der Waals surface area contributed by atoms with E-state index in [1.54, 1.807) is 0 Å². The molecule has 0 spiro atoms. The van der Waals surface area contributed by atoms with Crippen molar-refractivity contribution in [1.82, 2.24) is 15.5 Å². The molecule has 22 heavy (non-hydrogen) atoms. The maximum atomic E-state index is 12.7. The molecule has 6 heteroatoms. The second-order valence-corrected chi connectivity index (χ2v) is 6.50. The highest BCUT2D eigenvalue weighted by atomic mass is 35.5. The lowest BCUT2D eigenvalue weighted by molar-refractivity contribution is -0.118. The fourth-order valence-electron chi connectivity index (χ4n) is 2.56. The Balaban J connectivity index is 2.03. The van der Waals surface area contributed by atoms with E-state index in [2.05, 4.69) is 10.6 Å². The highest BCUT2D eigenvalue weighted by molar-refractivity contribution is 7.80. The fourth-order valence-corrected chi connectivity index (χ4v) is 3.06. The second-order valence-electron chi connectivity index (χ2n) is 5.71. The molecule has 1 saturated carbocycles. The van der Waals surface area contributed by atoms with E-state index < -0.39 is 0 Å². The van der Waals surface area contributed by atoms with E-state index in [-0.39, 0.29) is 11.9 Å². The van der Waals surface area contributed by atoms with Crippen LogP contribution in [-0.4, -0.2) is 29.0 Å². The highest BCUT2D eigenvalue weighted by Crippen LogP contribution is 2.34. The van der Waals surface area contributed by atoms with Crippen molar-refractivity contribution < 1.29 is 4.79 Å². The summed E-state index contributed by atoms with van der Waals surface area (Å²) >= 11 is 11.7. The summed E-state index contributed by atoms with van der Waals surface area (Å²) in [5.41, 5.74) is 2.39. The van der Waals surface area contributed by atoms with Crippen LogP contribution in [-0.2, 0) is 4.79 Å². The molecule has 1 aliphatic carbocycles. The molecular formula is C16H18ClN3OS. The monoisotopic (exact) mass is 335 g/mol. The molecule has 0 saturated heterocycles. The topological polar surface area (TPSA) is 44.4 Å². The Hall–Kier alpha value is -1.59. The normalized spacial score (nSPS) is 21.7. The lowest BCUT2D eigenvalue weighted by atomic mass is 9.94. The van der Waals surface area contributed by atoms with E-state index in [4.69, 9.17) is 23.8 Å². The molecule has 1 aromatic rings. The third kappa shape index (κ3) is 2.83. The maximum absolute atomic E-state index is 12.7. The van der Waals surface area contributed by atoms with Gasteiger partial charge in [0.25, 0.3) is 5.91 Å². The number of thiocarbonyl (C=S) groups is 1. The molecule has 116 valence electrons. The van der Waals surface area contributed by atoms with Gasteiger partial charge in [0.1, 0.15) is 0 Å². The van der Waals surface area contributed by atoms with Gasteiger partial charge in [0.15, 0.2) is 5.11 Å². The van der Waals surface area contributed by atoms with Gasteiger partial charge in [0.2, 0.25) is 0 Å². The minimum absolute atomic E-state index is 0.0493. The van der Waals surface area contributed by atoms with Crippen molar-refractivity contribution in [3.8, 4) is 0 Å². The van der Waals surface area contributed by atoms with Gasteiger partial charge in [-0.1, -0.05) is 29.8 Å². The summed E-state index contributed by atoms with van der Waals surface area (Å²) in [6, 6.07) is 7.52. The number of amides is 1. The summed E-state index contributed by atoms with van der Waals surface area (Å²) in [4.78, 5) is 14.5. The Morgan fingerprint density at radius 1 is 1.41 bits per heavy atom. The van der Waals surface area contributed by atoms with E-state index >= 15 is 0 Å². The molecular weight excluding hydrogens is 318 g/mol. The smallest absolute Gasteiger partial charge is 0.251 e. The molecule has 0 radical (unpaired) electrons. The number of halogens is 1. The van der Waals surface area contributed by atoms with E-state index in [9.17, 15) is 4.79 Å². The van der Waals surface area contributed by atoms with Gasteiger partial charge in [-0.2, -0.15) is 0 Å². The zero-order chi connectivity index (χ0) is 15.9. The minimum atomic E-state index is -0.323. The van der Waals surface area contributed by atoms with Crippen LogP contribution in [0, 0.1) is 0 Å². The van der Waals surface area contributed by atoms with Crippen LogP contribution in [0.3, 0.4) is 0 Å². The van der Waals surface area contributed by atoms with Crippen LogP contribution < -0.4 is 10.6 Å². The molecule has 1 unspecified atom stereocenters. The number of carbonyl (C=O) groups excluding carboxylic acids is 1. The first-order chi connectivity index (χ1) is 10.5. The van der Waals surface area contributed by atoms with E-state index in [1.165, 1.54) is 0 Å². The number of hydrogen-bond acceptors (Lipinski definition) is 2. The van der Waals surface area contributed by atoms with E-state index in [1.807, 2.05) is 43.1 Å². The zero-order valence-corrected chi connectivity index (χ0v) is 14.1. The predicted octanol–water partition coefficient (Wildman–Crippen LogP) is 2.75. The summed E-state index contributed by atoms with van der Waals surface area (Å²) in [6.45, 7) is 1.92. The molecule has 0 bridgehead atoms. The largest absolute Gasteiger partial charge is 0.351 e. The SMILES string of the molecule is CC1=C(C(=O)NC2CC2)C(c2ccccc2Cl)NC(=S)N1C. The van der Waals surface area contributed by atoms with Crippen LogP contribution in [0.4, 0.5) is 0 Å². The Bertz CT molecular complexity index is 669. The van der Waals surface area contributed by atoms with E-state index in [0.717, 1.165) is 24.1 Å². The molecule has 1 heterocycles. The van der Waals surface area contributed by atoms with Crippen molar-refractivity contribution in [2.75, 3.05) is 7.05 Å². The maximum Gasteiger partial charge on any atom is 0.251 e. The number of benzene rings is 1. The molecule has 3 rings (SSSR count). The number of allylic oxidation sites excluding steroid dienone is 1. The molecule has 1 aromatic carbocycles. The Kier molecular flexibility index (Phi) is 4.10. The van der Waals surface area contributed by atoms with E-state index in [0.29, 0.717) is 21.8 Å². The molecule has 4 nitrogen and oxygen atoms in total. The van der Waals surface area contributed by atoms with Crippen molar-refractivity contribution in [2.24, 2.45) is 0 Å². The summed E-state index contributed by atoms with van der Waals surface area (Å²) in [5.74, 6) is -0.0493. The summed E-state index contributed by atoms with van der Waals surface area (Å²) in [6.07, 6.45) is 2.10. The van der Waals surface area contributed by atoms with Crippen LogP contribution in [0.2, 0.25) is 5.02 Å². The minimum Gasteiger partial charge on any atom is -0.351 e. The Labute approximate surface area is 140 Å². The third-order valence-corrected chi connectivity index (χ3v) is 4.86. The summed E-state index contributed by atoms with van der Waals surface area (Å²) in [5, 5.41) is 7.50. The summed E-state index contributed by atoms with van der Waals surface area (Å²) < 4.78 is 0. The van der Waals surface area contributed by atoms with Gasteiger partial charge < -0.3 is 15.5 Å². The molecule has 0 aromatic heterocycles. The Morgan fingerprint density at radius 3 is 2.73 bits per heavy atom. The molecule has 2 aliphatic rings. The fraction of sp³-hybridized carbons (Fsp3) is 0.375.